The first-order valence-corrected chi connectivity index (χ1v) is 3.52. The van der Waals surface area contributed by atoms with E-state index in [-0.39, 0.29) is 17.1 Å². The highest BCUT2D eigenvalue weighted by Crippen LogP contribution is 2.26. The van der Waals surface area contributed by atoms with Crippen LogP contribution in [-0.4, -0.2) is 21.3 Å². The predicted molar refractivity (Wildman–Crippen MR) is 44.3 cm³/mol. The van der Waals surface area contributed by atoms with Crippen molar-refractivity contribution in [1.29, 1.82) is 0 Å². The van der Waals surface area contributed by atoms with Crippen LogP contribution in [0.3, 0.4) is 0 Å². The van der Waals surface area contributed by atoms with E-state index in [1.54, 1.807) is 0 Å². The van der Waals surface area contributed by atoms with E-state index in [0.717, 1.165) is 6.07 Å². The molecule has 5 N–H and O–H groups in total. The SMILES string of the molecule is N[C@@H](C(=O)O)c1ccc(O)cc1O. The summed E-state index contributed by atoms with van der Waals surface area (Å²) >= 11 is 0. The molecule has 5 nitrogen and oxygen atoms in total. The Balaban J connectivity index is 3.08. The number of carboxylic acids is 1. The number of carboxylic acid groups (broad SMARTS) is 1. The van der Waals surface area contributed by atoms with Gasteiger partial charge in [0.25, 0.3) is 0 Å². The molecular weight excluding hydrogens is 174 g/mol. The molecule has 0 spiro atoms. The Morgan fingerprint density at radius 3 is 2.46 bits per heavy atom. The molecule has 1 aromatic rings. The van der Waals surface area contributed by atoms with Crippen LogP contribution < -0.4 is 5.73 Å². The molecule has 0 saturated carbocycles. The van der Waals surface area contributed by atoms with Crippen molar-refractivity contribution in [3.63, 3.8) is 0 Å². The first-order chi connectivity index (χ1) is 6.02. The van der Waals surface area contributed by atoms with Gasteiger partial charge in [-0.1, -0.05) is 0 Å². The van der Waals surface area contributed by atoms with Crippen molar-refractivity contribution in [2.24, 2.45) is 5.73 Å². The first-order valence-electron chi connectivity index (χ1n) is 3.52. The molecule has 13 heavy (non-hydrogen) atoms. The van der Waals surface area contributed by atoms with E-state index in [0.29, 0.717) is 0 Å². The molecule has 0 aliphatic heterocycles. The molecule has 0 radical (unpaired) electrons. The average molecular weight is 183 g/mol. The smallest absolute Gasteiger partial charge is 0.325 e. The number of hydrogen-bond donors (Lipinski definition) is 4. The molecule has 0 aliphatic rings. The third-order valence-corrected chi connectivity index (χ3v) is 1.62. The molecule has 1 atom stereocenters. The Kier molecular flexibility index (Phi) is 2.39. The van der Waals surface area contributed by atoms with E-state index in [9.17, 15) is 9.90 Å². The highest BCUT2D eigenvalue weighted by molar-refractivity contribution is 5.76. The number of benzene rings is 1. The summed E-state index contributed by atoms with van der Waals surface area (Å²) in [5.74, 6) is -1.70. The third-order valence-electron chi connectivity index (χ3n) is 1.62. The van der Waals surface area contributed by atoms with Crippen LogP contribution in [0.1, 0.15) is 11.6 Å². The summed E-state index contributed by atoms with van der Waals surface area (Å²) in [5.41, 5.74) is 5.32. The monoisotopic (exact) mass is 183 g/mol. The number of aliphatic carboxylic acids is 1. The van der Waals surface area contributed by atoms with Crippen LogP contribution in [0.2, 0.25) is 0 Å². The molecule has 0 saturated heterocycles. The normalized spacial score (nSPS) is 12.4. The second-order valence-electron chi connectivity index (χ2n) is 2.56. The van der Waals surface area contributed by atoms with Crippen LogP contribution in [0, 0.1) is 0 Å². The molecule has 0 aliphatic carbocycles. The van der Waals surface area contributed by atoms with Gasteiger partial charge < -0.3 is 21.1 Å². The van der Waals surface area contributed by atoms with Gasteiger partial charge in [-0.15, -0.1) is 0 Å². The minimum absolute atomic E-state index is 0.0744. The highest BCUT2D eigenvalue weighted by atomic mass is 16.4. The molecule has 5 heteroatoms. The first kappa shape index (κ1) is 9.34. The van der Waals surface area contributed by atoms with Crippen molar-refractivity contribution in [2.75, 3.05) is 0 Å². The lowest BCUT2D eigenvalue weighted by Crippen LogP contribution is -2.20. The zero-order valence-corrected chi connectivity index (χ0v) is 6.64. The highest BCUT2D eigenvalue weighted by Gasteiger charge is 2.17. The second-order valence-corrected chi connectivity index (χ2v) is 2.56. The van der Waals surface area contributed by atoms with Crippen LogP contribution >= 0.6 is 0 Å². The molecular formula is C8H9NO4. The fourth-order valence-electron chi connectivity index (χ4n) is 0.928. The van der Waals surface area contributed by atoms with Gasteiger partial charge in [0.2, 0.25) is 0 Å². The molecule has 0 bridgehead atoms. The van der Waals surface area contributed by atoms with Crippen molar-refractivity contribution < 1.29 is 20.1 Å². The summed E-state index contributed by atoms with van der Waals surface area (Å²) in [5, 5.41) is 26.6. The Labute approximate surface area is 74.0 Å². The standard InChI is InChI=1S/C8H9NO4/c9-7(8(12)13)5-2-1-4(10)3-6(5)11/h1-3,7,10-11H,9H2,(H,12,13)/t7-/m1/s1. The summed E-state index contributed by atoms with van der Waals surface area (Å²) in [6, 6.07) is 2.29. The minimum Gasteiger partial charge on any atom is -0.508 e. The average Bonchev–Trinajstić information content (AvgIpc) is 2.03. The number of hydrogen-bond acceptors (Lipinski definition) is 4. The molecule has 0 aromatic heterocycles. The third kappa shape index (κ3) is 1.88. The summed E-state index contributed by atoms with van der Waals surface area (Å²) in [4.78, 5) is 10.4. The van der Waals surface area contributed by atoms with Crippen molar-refractivity contribution in [1.82, 2.24) is 0 Å². The number of nitrogens with two attached hydrogens (primary N) is 1. The van der Waals surface area contributed by atoms with Gasteiger partial charge in [0, 0.05) is 11.6 Å². The van der Waals surface area contributed by atoms with Gasteiger partial charge in [-0.2, -0.15) is 0 Å². The molecule has 0 unspecified atom stereocenters. The Bertz CT molecular complexity index is 337. The van der Waals surface area contributed by atoms with Gasteiger partial charge in [-0.05, 0) is 12.1 Å². The molecule has 0 amide bonds. The minimum atomic E-state index is -1.28. The lowest BCUT2D eigenvalue weighted by Gasteiger charge is -2.08. The van der Waals surface area contributed by atoms with E-state index in [1.807, 2.05) is 0 Å². The number of aromatic hydroxyl groups is 2. The van der Waals surface area contributed by atoms with Crippen molar-refractivity contribution in [3.8, 4) is 11.5 Å². The summed E-state index contributed by atoms with van der Waals surface area (Å²) in [7, 11) is 0. The van der Waals surface area contributed by atoms with Crippen molar-refractivity contribution in [3.05, 3.63) is 23.8 Å². The van der Waals surface area contributed by atoms with Gasteiger partial charge >= 0.3 is 5.97 Å². The van der Waals surface area contributed by atoms with E-state index in [4.69, 9.17) is 15.9 Å². The van der Waals surface area contributed by atoms with Gasteiger partial charge in [0.15, 0.2) is 0 Å². The van der Waals surface area contributed by atoms with Crippen LogP contribution in [0.4, 0.5) is 0 Å². The van der Waals surface area contributed by atoms with Crippen LogP contribution in [0.25, 0.3) is 0 Å². The van der Waals surface area contributed by atoms with Gasteiger partial charge in [-0.25, -0.2) is 0 Å². The van der Waals surface area contributed by atoms with Crippen molar-refractivity contribution >= 4 is 5.97 Å². The van der Waals surface area contributed by atoms with Gasteiger partial charge in [0.1, 0.15) is 17.5 Å². The van der Waals surface area contributed by atoms with E-state index >= 15 is 0 Å². The molecule has 70 valence electrons. The Hall–Kier alpha value is -1.75. The number of rotatable bonds is 2. The fraction of sp³-hybridized carbons (Fsp3) is 0.125. The number of phenols is 2. The van der Waals surface area contributed by atoms with Crippen molar-refractivity contribution in [2.45, 2.75) is 6.04 Å². The maximum atomic E-state index is 10.4. The van der Waals surface area contributed by atoms with Gasteiger partial charge in [-0.3, -0.25) is 4.79 Å². The Morgan fingerprint density at radius 1 is 1.38 bits per heavy atom. The Morgan fingerprint density at radius 2 is 2.00 bits per heavy atom. The quantitative estimate of drug-likeness (QED) is 0.523. The second kappa shape index (κ2) is 3.32. The number of carbonyl (C=O) groups is 1. The fourth-order valence-corrected chi connectivity index (χ4v) is 0.928. The van der Waals surface area contributed by atoms with E-state index < -0.39 is 12.0 Å². The maximum Gasteiger partial charge on any atom is 0.325 e. The van der Waals surface area contributed by atoms with E-state index in [2.05, 4.69) is 0 Å². The van der Waals surface area contributed by atoms with Crippen LogP contribution in [-0.2, 0) is 4.79 Å². The lowest BCUT2D eigenvalue weighted by molar-refractivity contribution is -0.138. The van der Waals surface area contributed by atoms with Crippen LogP contribution in [0.15, 0.2) is 18.2 Å². The maximum absolute atomic E-state index is 10.4. The molecule has 1 aromatic carbocycles. The van der Waals surface area contributed by atoms with E-state index in [1.165, 1.54) is 12.1 Å². The summed E-state index contributed by atoms with van der Waals surface area (Å²) < 4.78 is 0. The molecule has 1 rings (SSSR count). The lowest BCUT2D eigenvalue weighted by atomic mass is 10.1. The summed E-state index contributed by atoms with van der Waals surface area (Å²) in [6.07, 6.45) is 0. The topological polar surface area (TPSA) is 104 Å². The molecule has 0 fully saturated rings. The summed E-state index contributed by atoms with van der Waals surface area (Å²) in [6.45, 7) is 0. The zero-order chi connectivity index (χ0) is 10.0. The van der Waals surface area contributed by atoms with Gasteiger partial charge in [0.05, 0.1) is 0 Å². The molecule has 0 heterocycles. The number of phenolic OH excluding ortho intramolecular Hbond substituents is 2. The zero-order valence-electron chi connectivity index (χ0n) is 6.64. The predicted octanol–water partition coefficient (Wildman–Crippen LogP) is 0.182. The van der Waals surface area contributed by atoms with Crippen LogP contribution in [0.5, 0.6) is 11.5 Å². The largest absolute Gasteiger partial charge is 0.508 e.